The van der Waals surface area contributed by atoms with E-state index in [1.54, 1.807) is 36.7 Å². The molecule has 0 saturated heterocycles. The standard InChI is InChI=1S/C23H29N5O2/c1-5-28-12-8-15-13-18(25-17-14-16(7-11-24-17)22(2,3)30)26-20(19(15)21(28)29)27-23(4)9-6-10-23/h7-8,11-14,30H,5-6,9-10H2,1-4H3,(H2,24,25,26,27). The van der Waals surface area contributed by atoms with Crippen molar-refractivity contribution in [1.29, 1.82) is 0 Å². The highest BCUT2D eigenvalue weighted by Crippen LogP contribution is 2.36. The van der Waals surface area contributed by atoms with Gasteiger partial charge in [-0.1, -0.05) is 0 Å². The normalized spacial score (nSPS) is 15.6. The maximum absolute atomic E-state index is 13.0. The number of hydrogen-bond donors (Lipinski definition) is 3. The fourth-order valence-electron chi connectivity index (χ4n) is 3.83. The number of aliphatic hydroxyl groups is 1. The monoisotopic (exact) mass is 407 g/mol. The van der Waals surface area contributed by atoms with E-state index in [0.29, 0.717) is 29.4 Å². The van der Waals surface area contributed by atoms with E-state index in [0.717, 1.165) is 23.8 Å². The largest absolute Gasteiger partial charge is 0.386 e. The average Bonchev–Trinajstić information content (AvgIpc) is 2.66. The Bertz CT molecular complexity index is 1140. The summed E-state index contributed by atoms with van der Waals surface area (Å²) in [6.45, 7) is 8.21. The van der Waals surface area contributed by atoms with Crippen LogP contribution in [0.2, 0.25) is 0 Å². The van der Waals surface area contributed by atoms with Gasteiger partial charge in [0.1, 0.15) is 17.5 Å². The highest BCUT2D eigenvalue weighted by Gasteiger charge is 2.32. The number of hydrogen-bond acceptors (Lipinski definition) is 6. The van der Waals surface area contributed by atoms with Crippen LogP contribution < -0.4 is 16.2 Å². The molecule has 0 amide bonds. The van der Waals surface area contributed by atoms with Gasteiger partial charge in [0.05, 0.1) is 11.0 Å². The lowest BCUT2D eigenvalue weighted by molar-refractivity contribution is 0.0786. The maximum Gasteiger partial charge on any atom is 0.262 e. The quantitative estimate of drug-likeness (QED) is 0.569. The van der Waals surface area contributed by atoms with Gasteiger partial charge in [-0.05, 0) is 82.2 Å². The molecular weight excluding hydrogens is 378 g/mol. The van der Waals surface area contributed by atoms with Crippen molar-refractivity contribution >= 4 is 28.2 Å². The first-order valence-electron chi connectivity index (χ1n) is 10.5. The predicted molar refractivity (Wildman–Crippen MR) is 120 cm³/mol. The van der Waals surface area contributed by atoms with Crippen LogP contribution in [-0.2, 0) is 12.1 Å². The van der Waals surface area contributed by atoms with Crippen molar-refractivity contribution in [2.75, 3.05) is 10.6 Å². The zero-order chi connectivity index (χ0) is 21.5. The lowest BCUT2D eigenvalue weighted by Gasteiger charge is -2.39. The highest BCUT2D eigenvalue weighted by molar-refractivity contribution is 5.93. The van der Waals surface area contributed by atoms with E-state index in [-0.39, 0.29) is 11.1 Å². The van der Waals surface area contributed by atoms with Crippen LogP contribution in [0.3, 0.4) is 0 Å². The first kappa shape index (κ1) is 20.3. The van der Waals surface area contributed by atoms with Gasteiger partial charge in [0.2, 0.25) is 0 Å². The van der Waals surface area contributed by atoms with E-state index in [9.17, 15) is 9.90 Å². The van der Waals surface area contributed by atoms with Gasteiger partial charge >= 0.3 is 0 Å². The second-order valence-corrected chi connectivity index (χ2v) is 8.88. The molecule has 1 fully saturated rings. The Hall–Kier alpha value is -2.93. The van der Waals surface area contributed by atoms with Gasteiger partial charge in [-0.25, -0.2) is 9.97 Å². The van der Waals surface area contributed by atoms with Gasteiger partial charge in [0.25, 0.3) is 5.56 Å². The molecule has 3 aromatic rings. The summed E-state index contributed by atoms with van der Waals surface area (Å²) in [5.41, 5.74) is -0.294. The van der Waals surface area contributed by atoms with Crippen molar-refractivity contribution in [2.24, 2.45) is 0 Å². The second kappa shape index (κ2) is 7.40. The van der Waals surface area contributed by atoms with Gasteiger partial charge in [-0.2, -0.15) is 0 Å². The molecule has 0 bridgehead atoms. The highest BCUT2D eigenvalue weighted by atomic mass is 16.3. The molecule has 4 rings (SSSR count). The summed E-state index contributed by atoms with van der Waals surface area (Å²) >= 11 is 0. The molecule has 0 aliphatic heterocycles. The van der Waals surface area contributed by atoms with Crippen molar-refractivity contribution in [3.8, 4) is 0 Å². The zero-order valence-corrected chi connectivity index (χ0v) is 18.0. The third-order valence-corrected chi connectivity index (χ3v) is 5.90. The summed E-state index contributed by atoms with van der Waals surface area (Å²) in [5, 5.41) is 18.5. The van der Waals surface area contributed by atoms with E-state index >= 15 is 0 Å². The Morgan fingerprint density at radius 3 is 2.63 bits per heavy atom. The molecule has 0 unspecified atom stereocenters. The smallest absolute Gasteiger partial charge is 0.262 e. The Kier molecular flexibility index (Phi) is 5.02. The van der Waals surface area contributed by atoms with Crippen LogP contribution in [-0.4, -0.2) is 25.2 Å². The van der Waals surface area contributed by atoms with E-state index in [4.69, 9.17) is 4.98 Å². The third kappa shape index (κ3) is 3.89. The maximum atomic E-state index is 13.0. The van der Waals surface area contributed by atoms with E-state index in [2.05, 4.69) is 22.5 Å². The minimum absolute atomic E-state index is 0.0402. The van der Waals surface area contributed by atoms with Gasteiger partial charge in [-0.15, -0.1) is 0 Å². The van der Waals surface area contributed by atoms with Crippen LogP contribution in [0.1, 0.15) is 52.5 Å². The molecule has 0 aromatic carbocycles. The minimum atomic E-state index is -0.965. The molecule has 1 aliphatic rings. The lowest BCUT2D eigenvalue weighted by Crippen LogP contribution is -2.42. The first-order valence-corrected chi connectivity index (χ1v) is 10.5. The van der Waals surface area contributed by atoms with Crippen molar-refractivity contribution < 1.29 is 5.11 Å². The lowest BCUT2D eigenvalue weighted by atomic mass is 9.78. The SMILES string of the molecule is CCn1ccc2cc(Nc3cc(C(C)(C)O)ccn3)nc(NC3(C)CCC3)c2c1=O. The summed E-state index contributed by atoms with van der Waals surface area (Å²) in [4.78, 5) is 22.1. The number of fused-ring (bicyclic) bond motifs is 1. The molecule has 158 valence electrons. The molecule has 3 N–H and O–H groups in total. The Morgan fingerprint density at radius 2 is 2.00 bits per heavy atom. The van der Waals surface area contributed by atoms with Crippen molar-refractivity contribution in [2.45, 2.75) is 64.6 Å². The molecule has 1 aliphatic carbocycles. The summed E-state index contributed by atoms with van der Waals surface area (Å²) in [7, 11) is 0. The first-order chi connectivity index (χ1) is 14.2. The number of pyridine rings is 3. The molecule has 7 nitrogen and oxygen atoms in total. The molecule has 1 saturated carbocycles. The number of aryl methyl sites for hydroxylation is 1. The summed E-state index contributed by atoms with van der Waals surface area (Å²) in [6.07, 6.45) is 6.75. The van der Waals surface area contributed by atoms with Crippen molar-refractivity contribution in [1.82, 2.24) is 14.5 Å². The fraction of sp³-hybridized carbons (Fsp3) is 0.435. The number of aromatic nitrogens is 3. The Balaban J connectivity index is 1.79. The van der Waals surface area contributed by atoms with Crippen LogP contribution in [0.25, 0.3) is 10.8 Å². The molecule has 7 heteroatoms. The average molecular weight is 408 g/mol. The van der Waals surface area contributed by atoms with Crippen LogP contribution in [0.15, 0.2) is 41.5 Å². The van der Waals surface area contributed by atoms with Crippen molar-refractivity contribution in [3.05, 3.63) is 52.6 Å². The number of rotatable bonds is 6. The number of nitrogens with one attached hydrogen (secondary N) is 2. The van der Waals surface area contributed by atoms with Crippen LogP contribution in [0.5, 0.6) is 0 Å². The molecule has 30 heavy (non-hydrogen) atoms. The summed E-state index contributed by atoms with van der Waals surface area (Å²) in [6, 6.07) is 7.41. The minimum Gasteiger partial charge on any atom is -0.386 e. The Labute approximate surface area is 176 Å². The van der Waals surface area contributed by atoms with Crippen LogP contribution in [0, 0.1) is 0 Å². The van der Waals surface area contributed by atoms with Gasteiger partial charge < -0.3 is 20.3 Å². The van der Waals surface area contributed by atoms with Gasteiger partial charge in [-0.3, -0.25) is 4.79 Å². The van der Waals surface area contributed by atoms with E-state index < -0.39 is 5.60 Å². The molecule has 3 aromatic heterocycles. The number of anilines is 3. The predicted octanol–water partition coefficient (Wildman–Crippen LogP) is 4.14. The molecule has 3 heterocycles. The number of nitrogens with zero attached hydrogens (tertiary/aromatic N) is 3. The molecule has 0 radical (unpaired) electrons. The van der Waals surface area contributed by atoms with Crippen LogP contribution >= 0.6 is 0 Å². The molecular formula is C23H29N5O2. The Morgan fingerprint density at radius 1 is 1.23 bits per heavy atom. The topological polar surface area (TPSA) is 92.1 Å². The summed E-state index contributed by atoms with van der Waals surface area (Å²) in [5.74, 6) is 1.79. The van der Waals surface area contributed by atoms with Gasteiger partial charge in [0.15, 0.2) is 0 Å². The fourth-order valence-corrected chi connectivity index (χ4v) is 3.83. The van der Waals surface area contributed by atoms with Crippen molar-refractivity contribution in [3.63, 3.8) is 0 Å². The molecule has 0 atom stereocenters. The zero-order valence-electron chi connectivity index (χ0n) is 18.0. The van der Waals surface area contributed by atoms with Gasteiger partial charge in [0, 0.05) is 24.5 Å². The van der Waals surface area contributed by atoms with E-state index in [1.165, 1.54) is 6.42 Å². The third-order valence-electron chi connectivity index (χ3n) is 5.90. The van der Waals surface area contributed by atoms with E-state index in [1.807, 2.05) is 25.3 Å². The van der Waals surface area contributed by atoms with Crippen LogP contribution in [0.4, 0.5) is 17.5 Å². The second-order valence-electron chi connectivity index (χ2n) is 8.88. The molecule has 0 spiro atoms. The summed E-state index contributed by atoms with van der Waals surface area (Å²) < 4.78 is 1.69.